The number of thiazole rings is 1. The Hall–Kier alpha value is -1.77. The van der Waals surface area contributed by atoms with E-state index in [2.05, 4.69) is 10.3 Å². The fraction of sp³-hybridized carbons (Fsp3) is 0.444. The van der Waals surface area contributed by atoms with Crippen molar-refractivity contribution in [3.63, 3.8) is 0 Å². The summed E-state index contributed by atoms with van der Waals surface area (Å²) in [5.74, 6) is -0.00959. The molecule has 2 aromatic rings. The Kier molecular flexibility index (Phi) is 6.39. The number of nitrogens with zero attached hydrogens (tertiary/aromatic N) is 1. The van der Waals surface area contributed by atoms with E-state index in [4.69, 9.17) is 5.73 Å². The van der Waals surface area contributed by atoms with Gasteiger partial charge in [-0.3, -0.25) is 9.00 Å². The van der Waals surface area contributed by atoms with Crippen molar-refractivity contribution in [2.45, 2.75) is 43.8 Å². The summed E-state index contributed by atoms with van der Waals surface area (Å²) in [5, 5.41) is 5.29. The van der Waals surface area contributed by atoms with E-state index in [0.29, 0.717) is 22.3 Å². The van der Waals surface area contributed by atoms with Gasteiger partial charge in [0.05, 0.1) is 5.92 Å². The van der Waals surface area contributed by atoms with E-state index >= 15 is 0 Å². The number of anilines is 2. The number of rotatable bonds is 7. The number of benzene rings is 1. The lowest BCUT2D eigenvalue weighted by molar-refractivity contribution is -0.118. The Morgan fingerprint density at radius 3 is 2.81 bits per heavy atom. The Bertz CT molecular complexity index is 774. The topological polar surface area (TPSA) is 108 Å². The Labute approximate surface area is 159 Å². The van der Waals surface area contributed by atoms with Crippen molar-refractivity contribution in [3.05, 3.63) is 40.9 Å². The number of carbonyl (C=O) groups excluding carboxylic acids is 1. The maximum absolute atomic E-state index is 12.9. The molecular formula is C18H22N3O3S2-. The Morgan fingerprint density at radius 2 is 2.19 bits per heavy atom. The van der Waals surface area contributed by atoms with Gasteiger partial charge in [0.15, 0.2) is 5.13 Å². The van der Waals surface area contributed by atoms with E-state index in [9.17, 15) is 13.6 Å². The minimum absolute atomic E-state index is 0.0913. The molecule has 8 heteroatoms. The second-order valence-electron chi connectivity index (χ2n) is 6.67. The first kappa shape index (κ1) is 19.0. The molecule has 1 heterocycles. The summed E-state index contributed by atoms with van der Waals surface area (Å²) in [6, 6.07) is 5.27. The lowest BCUT2D eigenvalue weighted by atomic mass is 9.86. The molecule has 0 radical (unpaired) electrons. The van der Waals surface area contributed by atoms with Crippen LogP contribution in [0.5, 0.6) is 0 Å². The molecule has 1 aliphatic rings. The van der Waals surface area contributed by atoms with Crippen LogP contribution in [-0.4, -0.2) is 19.7 Å². The summed E-state index contributed by atoms with van der Waals surface area (Å²) in [7, 11) is 0. The third-order valence-electron chi connectivity index (χ3n) is 4.87. The van der Waals surface area contributed by atoms with E-state index in [1.54, 1.807) is 18.3 Å². The zero-order valence-electron chi connectivity index (χ0n) is 14.3. The zero-order valence-corrected chi connectivity index (χ0v) is 16.0. The van der Waals surface area contributed by atoms with Gasteiger partial charge in [0.2, 0.25) is 5.91 Å². The lowest BCUT2D eigenvalue weighted by Crippen LogP contribution is -2.23. The monoisotopic (exact) mass is 392 g/mol. The van der Waals surface area contributed by atoms with Gasteiger partial charge in [-0.1, -0.05) is 48.9 Å². The molecule has 1 aromatic carbocycles. The Balaban J connectivity index is 1.82. The molecule has 2 unspecified atom stereocenters. The molecule has 1 saturated carbocycles. The van der Waals surface area contributed by atoms with E-state index in [-0.39, 0.29) is 17.6 Å². The average Bonchev–Trinajstić information content (AvgIpc) is 3.28. The molecule has 1 aliphatic carbocycles. The Morgan fingerprint density at radius 1 is 1.42 bits per heavy atom. The summed E-state index contributed by atoms with van der Waals surface area (Å²) >= 11 is -0.812. The van der Waals surface area contributed by atoms with Gasteiger partial charge in [0.25, 0.3) is 0 Å². The molecule has 26 heavy (non-hydrogen) atoms. The van der Waals surface area contributed by atoms with E-state index in [1.807, 2.05) is 11.4 Å². The summed E-state index contributed by atoms with van der Waals surface area (Å²) in [6.45, 7) is 0. The number of amides is 1. The minimum atomic E-state index is -2.19. The van der Waals surface area contributed by atoms with Gasteiger partial charge in [0.1, 0.15) is 0 Å². The average molecular weight is 393 g/mol. The predicted molar refractivity (Wildman–Crippen MR) is 104 cm³/mol. The van der Waals surface area contributed by atoms with Crippen LogP contribution in [0.25, 0.3) is 0 Å². The van der Waals surface area contributed by atoms with Crippen molar-refractivity contribution < 1.29 is 13.6 Å². The van der Waals surface area contributed by atoms with Crippen LogP contribution in [0.15, 0.2) is 29.8 Å². The molecule has 6 nitrogen and oxygen atoms in total. The highest BCUT2D eigenvalue weighted by atomic mass is 32.2. The number of hydrogen-bond acceptors (Lipinski definition) is 6. The molecule has 0 saturated heterocycles. The second-order valence-corrected chi connectivity index (χ2v) is 8.46. The van der Waals surface area contributed by atoms with Crippen LogP contribution in [-0.2, 0) is 21.6 Å². The largest absolute Gasteiger partial charge is 0.772 e. The molecule has 3 rings (SSSR count). The smallest absolute Gasteiger partial charge is 0.233 e. The second kappa shape index (κ2) is 8.75. The number of aromatic nitrogens is 1. The fourth-order valence-corrected chi connectivity index (χ4v) is 4.59. The molecule has 1 amide bonds. The van der Waals surface area contributed by atoms with Gasteiger partial charge < -0.3 is 15.6 Å². The van der Waals surface area contributed by atoms with Crippen LogP contribution in [0.3, 0.4) is 0 Å². The van der Waals surface area contributed by atoms with Gasteiger partial charge in [-0.15, -0.1) is 11.3 Å². The lowest BCUT2D eigenvalue weighted by Gasteiger charge is -2.21. The van der Waals surface area contributed by atoms with Crippen molar-refractivity contribution in [2.24, 2.45) is 5.92 Å². The van der Waals surface area contributed by atoms with Crippen LogP contribution in [0.4, 0.5) is 10.8 Å². The van der Waals surface area contributed by atoms with Crippen LogP contribution in [0.2, 0.25) is 0 Å². The predicted octanol–water partition coefficient (Wildman–Crippen LogP) is 3.41. The maximum atomic E-state index is 12.9. The molecule has 140 valence electrons. The first-order valence-corrected chi connectivity index (χ1v) is 10.8. The van der Waals surface area contributed by atoms with Crippen LogP contribution in [0, 0.1) is 5.92 Å². The highest BCUT2D eigenvalue weighted by Crippen LogP contribution is 2.36. The van der Waals surface area contributed by atoms with Crippen molar-refractivity contribution in [3.8, 4) is 0 Å². The molecule has 1 fully saturated rings. The molecule has 3 N–H and O–H groups in total. The number of nitrogens with one attached hydrogen (secondary N) is 1. The van der Waals surface area contributed by atoms with Gasteiger partial charge in [-0.25, -0.2) is 4.98 Å². The highest BCUT2D eigenvalue weighted by Gasteiger charge is 2.27. The first-order chi connectivity index (χ1) is 12.5. The van der Waals surface area contributed by atoms with Crippen molar-refractivity contribution in [2.75, 3.05) is 11.1 Å². The molecular weight excluding hydrogens is 370 g/mol. The van der Waals surface area contributed by atoms with Gasteiger partial charge in [0, 0.05) is 23.0 Å². The van der Waals surface area contributed by atoms with Gasteiger partial charge in [-0.2, -0.15) is 0 Å². The van der Waals surface area contributed by atoms with Gasteiger partial charge in [-0.05, 0) is 29.5 Å². The summed E-state index contributed by atoms with van der Waals surface area (Å²) < 4.78 is 21.9. The number of carbonyl (C=O) groups is 1. The molecule has 0 aliphatic heterocycles. The minimum Gasteiger partial charge on any atom is -0.772 e. The fourth-order valence-electron chi connectivity index (χ4n) is 3.54. The quantitative estimate of drug-likeness (QED) is 0.554. The van der Waals surface area contributed by atoms with Crippen molar-refractivity contribution in [1.29, 1.82) is 0 Å². The zero-order chi connectivity index (χ0) is 18.5. The first-order valence-electron chi connectivity index (χ1n) is 8.67. The van der Waals surface area contributed by atoms with E-state index < -0.39 is 11.1 Å². The van der Waals surface area contributed by atoms with E-state index in [1.165, 1.54) is 24.2 Å². The number of hydrogen-bond donors (Lipinski definition) is 2. The normalized spacial score (nSPS) is 17.1. The number of nitrogen functional groups attached to an aromatic ring is 1. The summed E-state index contributed by atoms with van der Waals surface area (Å²) in [6.07, 6.45) is 7.13. The van der Waals surface area contributed by atoms with Crippen molar-refractivity contribution in [1.82, 2.24) is 4.98 Å². The van der Waals surface area contributed by atoms with Crippen molar-refractivity contribution >= 4 is 39.1 Å². The van der Waals surface area contributed by atoms with Crippen LogP contribution >= 0.6 is 11.3 Å². The van der Waals surface area contributed by atoms with Gasteiger partial charge >= 0.3 is 0 Å². The molecule has 0 spiro atoms. The third-order valence-corrected chi connectivity index (χ3v) is 6.10. The summed E-state index contributed by atoms with van der Waals surface area (Å²) in [5.41, 5.74) is 7.82. The third kappa shape index (κ3) is 4.90. The number of nitrogens with two attached hydrogens (primary N) is 1. The molecule has 2 atom stereocenters. The highest BCUT2D eigenvalue weighted by molar-refractivity contribution is 7.78. The summed E-state index contributed by atoms with van der Waals surface area (Å²) in [4.78, 5) is 17.0. The SMILES string of the molecule is Nc1cc(C(CC2CCCC2)C(=O)Nc2nccs2)ccc1CS(=O)[O-]. The maximum Gasteiger partial charge on any atom is 0.233 e. The standard InChI is InChI=1S/C18H23N3O3S2/c19-16-10-13(5-6-14(16)11-26(23)24)15(9-12-3-1-2-4-12)17(22)21-18-20-7-8-25-18/h5-8,10,12,15H,1-4,9,11,19H2,(H,23,24)(H,20,21,22)/p-1. The van der Waals surface area contributed by atoms with E-state index in [0.717, 1.165) is 24.8 Å². The molecule has 0 bridgehead atoms. The molecule has 1 aromatic heterocycles. The van der Waals surface area contributed by atoms with Crippen LogP contribution < -0.4 is 11.1 Å². The van der Waals surface area contributed by atoms with Crippen LogP contribution in [0.1, 0.15) is 49.1 Å².